The number of nitrogens with zero attached hydrogens (tertiary/aromatic N) is 3. The summed E-state index contributed by atoms with van der Waals surface area (Å²) in [6.45, 7) is 5.52. The number of hydrogen-bond donors (Lipinski definition) is 1. The minimum absolute atomic E-state index is 0.133. The van der Waals surface area contributed by atoms with Crippen molar-refractivity contribution in [1.29, 1.82) is 0 Å². The standard InChI is InChI=1S/C13H19N3O3S/c1-8(12(18)19)6-16(4)11(17)7-20-13-14-9(2)5-10(3)15-13/h5,8H,6-7H2,1-4H3,(H,18,19). The fourth-order valence-electron chi connectivity index (χ4n) is 1.59. The summed E-state index contributed by atoms with van der Waals surface area (Å²) in [5.41, 5.74) is 1.72. The van der Waals surface area contributed by atoms with Crippen molar-refractivity contribution in [3.63, 3.8) is 0 Å². The van der Waals surface area contributed by atoms with Crippen LogP contribution in [-0.4, -0.2) is 51.2 Å². The van der Waals surface area contributed by atoms with E-state index < -0.39 is 11.9 Å². The van der Waals surface area contributed by atoms with Gasteiger partial charge in [-0.3, -0.25) is 9.59 Å². The quantitative estimate of drug-likeness (QED) is 0.630. The summed E-state index contributed by atoms with van der Waals surface area (Å²) in [5, 5.41) is 9.38. The Balaban J connectivity index is 2.52. The van der Waals surface area contributed by atoms with Gasteiger partial charge in [0.1, 0.15) is 0 Å². The Bertz CT molecular complexity index is 487. The molecular formula is C13H19N3O3S. The second-order valence-corrected chi connectivity index (χ2v) is 5.68. The van der Waals surface area contributed by atoms with Crippen LogP contribution >= 0.6 is 11.8 Å². The van der Waals surface area contributed by atoms with Crippen LogP contribution in [0.3, 0.4) is 0 Å². The van der Waals surface area contributed by atoms with E-state index in [-0.39, 0.29) is 18.2 Å². The zero-order chi connectivity index (χ0) is 15.3. The van der Waals surface area contributed by atoms with Crippen LogP contribution in [0.5, 0.6) is 0 Å². The molecular weight excluding hydrogens is 278 g/mol. The predicted octanol–water partition coefficient (Wildman–Crippen LogP) is 1.36. The highest BCUT2D eigenvalue weighted by Crippen LogP contribution is 2.14. The van der Waals surface area contributed by atoms with Gasteiger partial charge in [0.25, 0.3) is 0 Å². The fourth-order valence-corrected chi connectivity index (χ4v) is 2.48. The average Bonchev–Trinajstić information content (AvgIpc) is 2.34. The molecule has 0 aliphatic carbocycles. The van der Waals surface area contributed by atoms with Crippen molar-refractivity contribution in [3.8, 4) is 0 Å². The molecule has 7 heteroatoms. The van der Waals surface area contributed by atoms with E-state index >= 15 is 0 Å². The van der Waals surface area contributed by atoms with Gasteiger partial charge < -0.3 is 10.0 Å². The lowest BCUT2D eigenvalue weighted by Gasteiger charge is -2.19. The summed E-state index contributed by atoms with van der Waals surface area (Å²) in [6, 6.07) is 1.87. The maximum atomic E-state index is 11.9. The minimum atomic E-state index is -0.907. The molecule has 110 valence electrons. The predicted molar refractivity (Wildman–Crippen MR) is 76.7 cm³/mol. The summed E-state index contributed by atoms with van der Waals surface area (Å²) in [7, 11) is 1.60. The highest BCUT2D eigenvalue weighted by atomic mass is 32.2. The van der Waals surface area contributed by atoms with Crippen molar-refractivity contribution in [2.24, 2.45) is 5.92 Å². The SMILES string of the molecule is Cc1cc(C)nc(SCC(=O)N(C)CC(C)C(=O)O)n1. The molecule has 6 nitrogen and oxygen atoms in total. The van der Waals surface area contributed by atoms with Crippen LogP contribution in [0.1, 0.15) is 18.3 Å². The number of aryl methyl sites for hydroxylation is 2. The van der Waals surface area contributed by atoms with E-state index in [2.05, 4.69) is 9.97 Å². The van der Waals surface area contributed by atoms with E-state index in [4.69, 9.17) is 5.11 Å². The number of hydrogen-bond acceptors (Lipinski definition) is 5. The van der Waals surface area contributed by atoms with Crippen LogP contribution in [0.2, 0.25) is 0 Å². The van der Waals surface area contributed by atoms with Crippen LogP contribution in [-0.2, 0) is 9.59 Å². The molecule has 1 rings (SSSR count). The topological polar surface area (TPSA) is 83.4 Å². The zero-order valence-corrected chi connectivity index (χ0v) is 12.9. The molecule has 0 radical (unpaired) electrons. The molecule has 0 aliphatic heterocycles. The first kappa shape index (κ1) is 16.4. The number of aromatic nitrogens is 2. The average molecular weight is 297 g/mol. The monoisotopic (exact) mass is 297 g/mol. The molecule has 0 bridgehead atoms. The van der Waals surface area contributed by atoms with E-state index in [1.54, 1.807) is 14.0 Å². The van der Waals surface area contributed by atoms with Crippen molar-refractivity contribution < 1.29 is 14.7 Å². The first-order chi connectivity index (χ1) is 9.29. The van der Waals surface area contributed by atoms with Crippen LogP contribution in [0.25, 0.3) is 0 Å². The molecule has 1 aromatic rings. The van der Waals surface area contributed by atoms with Gasteiger partial charge in [-0.2, -0.15) is 0 Å². The van der Waals surface area contributed by atoms with Gasteiger partial charge in [-0.05, 0) is 19.9 Å². The van der Waals surface area contributed by atoms with Crippen molar-refractivity contribution in [3.05, 3.63) is 17.5 Å². The van der Waals surface area contributed by atoms with Gasteiger partial charge in [-0.1, -0.05) is 18.7 Å². The van der Waals surface area contributed by atoms with Gasteiger partial charge in [-0.15, -0.1) is 0 Å². The molecule has 0 spiro atoms. The van der Waals surface area contributed by atoms with Gasteiger partial charge in [0, 0.05) is 25.0 Å². The van der Waals surface area contributed by atoms with Gasteiger partial charge in [0.15, 0.2) is 5.16 Å². The van der Waals surface area contributed by atoms with Gasteiger partial charge in [0.2, 0.25) is 5.91 Å². The van der Waals surface area contributed by atoms with Crippen molar-refractivity contribution in [2.75, 3.05) is 19.3 Å². The molecule has 1 unspecified atom stereocenters. The number of aliphatic carboxylic acids is 1. The molecule has 0 saturated heterocycles. The molecule has 0 fully saturated rings. The van der Waals surface area contributed by atoms with Crippen LogP contribution < -0.4 is 0 Å². The Kier molecular flexibility index (Phi) is 5.94. The maximum Gasteiger partial charge on any atom is 0.308 e. The molecule has 1 N–H and O–H groups in total. The molecule has 0 aromatic carbocycles. The Hall–Kier alpha value is -1.63. The fraction of sp³-hybridized carbons (Fsp3) is 0.538. The Morgan fingerprint density at radius 2 is 1.90 bits per heavy atom. The number of carbonyl (C=O) groups is 2. The van der Waals surface area contributed by atoms with Gasteiger partial charge in [-0.25, -0.2) is 9.97 Å². The van der Waals surface area contributed by atoms with Crippen LogP contribution in [0.4, 0.5) is 0 Å². The first-order valence-corrected chi connectivity index (χ1v) is 7.20. The third-order valence-corrected chi connectivity index (χ3v) is 3.51. The number of carboxylic acids is 1. The summed E-state index contributed by atoms with van der Waals surface area (Å²) in [4.78, 5) is 32.6. The largest absolute Gasteiger partial charge is 0.481 e. The number of thioether (sulfide) groups is 1. The molecule has 1 atom stereocenters. The summed E-state index contributed by atoms with van der Waals surface area (Å²) < 4.78 is 0. The lowest BCUT2D eigenvalue weighted by molar-refractivity contribution is -0.142. The minimum Gasteiger partial charge on any atom is -0.481 e. The van der Waals surface area contributed by atoms with E-state index in [1.807, 2.05) is 19.9 Å². The van der Waals surface area contributed by atoms with Crippen molar-refractivity contribution >= 4 is 23.6 Å². The lowest BCUT2D eigenvalue weighted by Crippen LogP contribution is -2.34. The normalized spacial score (nSPS) is 12.0. The number of rotatable bonds is 6. The molecule has 0 saturated carbocycles. The third-order valence-electron chi connectivity index (χ3n) is 2.68. The number of carboxylic acid groups (broad SMARTS) is 1. The molecule has 1 aromatic heterocycles. The number of carbonyl (C=O) groups excluding carboxylic acids is 1. The van der Waals surface area contributed by atoms with Crippen molar-refractivity contribution in [1.82, 2.24) is 14.9 Å². The lowest BCUT2D eigenvalue weighted by atomic mass is 10.2. The first-order valence-electron chi connectivity index (χ1n) is 6.21. The van der Waals surface area contributed by atoms with E-state index in [9.17, 15) is 9.59 Å². The second-order valence-electron chi connectivity index (χ2n) is 4.74. The van der Waals surface area contributed by atoms with Gasteiger partial charge >= 0.3 is 5.97 Å². The van der Waals surface area contributed by atoms with Crippen LogP contribution in [0.15, 0.2) is 11.2 Å². The second kappa shape index (κ2) is 7.23. The Morgan fingerprint density at radius 3 is 2.40 bits per heavy atom. The van der Waals surface area contributed by atoms with Gasteiger partial charge in [0.05, 0.1) is 11.7 Å². The number of amides is 1. The molecule has 20 heavy (non-hydrogen) atoms. The van der Waals surface area contributed by atoms with E-state index in [0.29, 0.717) is 5.16 Å². The zero-order valence-electron chi connectivity index (χ0n) is 12.1. The summed E-state index contributed by atoms with van der Waals surface area (Å²) in [6.07, 6.45) is 0. The highest BCUT2D eigenvalue weighted by molar-refractivity contribution is 7.99. The summed E-state index contributed by atoms with van der Waals surface area (Å²) >= 11 is 1.26. The molecule has 1 amide bonds. The highest BCUT2D eigenvalue weighted by Gasteiger charge is 2.17. The third kappa shape index (κ3) is 5.16. The smallest absolute Gasteiger partial charge is 0.308 e. The van der Waals surface area contributed by atoms with Crippen LogP contribution in [0, 0.1) is 19.8 Å². The van der Waals surface area contributed by atoms with E-state index in [1.165, 1.54) is 16.7 Å². The Morgan fingerprint density at radius 1 is 1.35 bits per heavy atom. The maximum absolute atomic E-state index is 11.9. The van der Waals surface area contributed by atoms with E-state index in [0.717, 1.165) is 11.4 Å². The van der Waals surface area contributed by atoms with Crippen molar-refractivity contribution in [2.45, 2.75) is 25.9 Å². The molecule has 0 aliphatic rings. The molecule has 1 heterocycles. The Labute approximate surface area is 122 Å². The summed E-state index contributed by atoms with van der Waals surface area (Å²) in [5.74, 6) is -1.42.